The van der Waals surface area contributed by atoms with Crippen LogP contribution in [0, 0.1) is 0 Å². The van der Waals surface area contributed by atoms with Gasteiger partial charge in [0, 0.05) is 33.9 Å². The van der Waals surface area contributed by atoms with E-state index < -0.39 is 0 Å². The van der Waals surface area contributed by atoms with E-state index in [1.807, 2.05) is 12.1 Å². The smallest absolute Gasteiger partial charge is 0.139 e. The SMILES string of the molecule is c1ccc(-c2ccc(N(c3ccccc3)c3cc(N(c4ccccc4)c4cccc5oc6ccccc6c45)cc4oc5cc6ccccc6cc5c34)cc2)cc1. The van der Waals surface area contributed by atoms with E-state index in [-0.39, 0.29) is 0 Å². The van der Waals surface area contributed by atoms with Crippen molar-refractivity contribution in [3.05, 3.63) is 206 Å². The van der Waals surface area contributed by atoms with Crippen LogP contribution in [0.25, 0.3) is 65.8 Å². The van der Waals surface area contributed by atoms with Crippen molar-refractivity contribution < 1.29 is 8.83 Å². The molecule has 4 heteroatoms. The highest BCUT2D eigenvalue weighted by Crippen LogP contribution is 2.49. The van der Waals surface area contributed by atoms with Crippen molar-refractivity contribution in [1.29, 1.82) is 0 Å². The first-order valence-electron chi connectivity index (χ1n) is 18.9. The lowest BCUT2D eigenvalue weighted by molar-refractivity contribution is 0.669. The number of anilines is 6. The molecule has 0 radical (unpaired) electrons. The minimum atomic E-state index is 0.801. The maximum atomic E-state index is 6.93. The number of rotatable bonds is 7. The summed E-state index contributed by atoms with van der Waals surface area (Å²) in [6.07, 6.45) is 0. The molecule has 0 amide bonds. The molecule has 0 aliphatic heterocycles. The maximum Gasteiger partial charge on any atom is 0.139 e. The fourth-order valence-corrected chi connectivity index (χ4v) is 8.25. The fraction of sp³-hybridized carbons (Fsp3) is 0. The second-order valence-electron chi connectivity index (χ2n) is 14.1. The molecule has 0 N–H and O–H groups in total. The second-order valence-corrected chi connectivity index (χ2v) is 14.1. The molecular formula is C52H34N2O2. The molecule has 0 unspecified atom stereocenters. The summed E-state index contributed by atoms with van der Waals surface area (Å²) < 4.78 is 13.4. The van der Waals surface area contributed by atoms with Crippen molar-refractivity contribution in [1.82, 2.24) is 0 Å². The topological polar surface area (TPSA) is 32.8 Å². The van der Waals surface area contributed by atoms with Gasteiger partial charge in [0.2, 0.25) is 0 Å². The summed E-state index contributed by atoms with van der Waals surface area (Å²) in [5, 5.41) is 6.55. The lowest BCUT2D eigenvalue weighted by atomic mass is 10.0. The molecule has 0 saturated carbocycles. The number of hydrogen-bond acceptors (Lipinski definition) is 4. The Hall–Kier alpha value is -7.56. The van der Waals surface area contributed by atoms with E-state index in [1.54, 1.807) is 0 Å². The van der Waals surface area contributed by atoms with Crippen LogP contribution >= 0.6 is 0 Å². The molecule has 11 rings (SSSR count). The highest BCUT2D eigenvalue weighted by Gasteiger charge is 2.25. The van der Waals surface area contributed by atoms with Gasteiger partial charge in [0.25, 0.3) is 0 Å². The van der Waals surface area contributed by atoms with Gasteiger partial charge in [0.1, 0.15) is 22.3 Å². The molecule has 0 atom stereocenters. The van der Waals surface area contributed by atoms with Crippen LogP contribution in [0.3, 0.4) is 0 Å². The highest BCUT2D eigenvalue weighted by molar-refractivity contribution is 6.18. The number of benzene rings is 9. The Bertz CT molecular complexity index is 3190. The fourth-order valence-electron chi connectivity index (χ4n) is 8.25. The summed E-state index contributed by atoms with van der Waals surface area (Å²) >= 11 is 0. The molecule has 56 heavy (non-hydrogen) atoms. The van der Waals surface area contributed by atoms with E-state index in [1.165, 1.54) is 10.9 Å². The molecule has 0 bridgehead atoms. The van der Waals surface area contributed by atoms with Crippen LogP contribution in [0.2, 0.25) is 0 Å². The second kappa shape index (κ2) is 13.1. The van der Waals surface area contributed by atoms with Crippen molar-refractivity contribution in [2.45, 2.75) is 0 Å². The van der Waals surface area contributed by atoms with Crippen molar-refractivity contribution in [3.63, 3.8) is 0 Å². The average Bonchev–Trinajstić information content (AvgIpc) is 3.83. The standard InChI is InChI=1S/C52H34N2O2/c1-4-15-35(16-5-1)36-27-29-41(30-28-36)53(39-19-6-2-7-20-39)46-33-42(34-50-52(46)44-31-37-17-10-11-18-38(37)32-49(44)56-50)54(40-21-8-3-9-22-40)45-24-14-26-48-51(45)43-23-12-13-25-47(43)55-48/h1-34H. The van der Waals surface area contributed by atoms with Crippen LogP contribution in [-0.2, 0) is 0 Å². The zero-order valence-corrected chi connectivity index (χ0v) is 30.3. The van der Waals surface area contributed by atoms with Gasteiger partial charge in [0.05, 0.1) is 27.8 Å². The minimum absolute atomic E-state index is 0.801. The first-order valence-corrected chi connectivity index (χ1v) is 18.9. The summed E-state index contributed by atoms with van der Waals surface area (Å²) in [7, 11) is 0. The first kappa shape index (κ1) is 31.9. The van der Waals surface area contributed by atoms with Crippen LogP contribution in [0.15, 0.2) is 215 Å². The van der Waals surface area contributed by atoms with Gasteiger partial charge in [-0.3, -0.25) is 0 Å². The van der Waals surface area contributed by atoms with E-state index in [4.69, 9.17) is 8.83 Å². The summed E-state index contributed by atoms with van der Waals surface area (Å²) in [5.74, 6) is 0. The Balaban J connectivity index is 1.23. The number of furan rings is 2. The minimum Gasteiger partial charge on any atom is -0.456 e. The van der Waals surface area contributed by atoms with E-state index in [0.717, 1.165) is 89.0 Å². The summed E-state index contributed by atoms with van der Waals surface area (Å²) in [6.45, 7) is 0. The van der Waals surface area contributed by atoms with Crippen molar-refractivity contribution in [2.75, 3.05) is 9.80 Å². The number of hydrogen-bond donors (Lipinski definition) is 0. The van der Waals surface area contributed by atoms with E-state index in [9.17, 15) is 0 Å². The van der Waals surface area contributed by atoms with Crippen LogP contribution in [-0.4, -0.2) is 0 Å². The molecule has 2 heterocycles. The van der Waals surface area contributed by atoms with Gasteiger partial charge in [-0.15, -0.1) is 0 Å². The number of nitrogens with zero attached hydrogens (tertiary/aromatic N) is 2. The Morgan fingerprint density at radius 3 is 1.55 bits per heavy atom. The van der Waals surface area contributed by atoms with Crippen molar-refractivity contribution in [2.24, 2.45) is 0 Å². The third-order valence-corrected chi connectivity index (χ3v) is 10.8. The van der Waals surface area contributed by atoms with Crippen LogP contribution in [0.1, 0.15) is 0 Å². The van der Waals surface area contributed by atoms with Gasteiger partial charge in [-0.05, 0) is 94.7 Å². The third kappa shape index (κ3) is 5.31. The van der Waals surface area contributed by atoms with Crippen molar-refractivity contribution in [3.8, 4) is 11.1 Å². The Kier molecular flexibility index (Phi) is 7.46. The van der Waals surface area contributed by atoms with E-state index >= 15 is 0 Å². The van der Waals surface area contributed by atoms with Gasteiger partial charge in [-0.2, -0.15) is 0 Å². The molecule has 0 saturated heterocycles. The van der Waals surface area contributed by atoms with Gasteiger partial charge >= 0.3 is 0 Å². The molecule has 4 nitrogen and oxygen atoms in total. The molecule has 0 fully saturated rings. The number of para-hydroxylation sites is 3. The molecule has 264 valence electrons. The Morgan fingerprint density at radius 1 is 0.286 bits per heavy atom. The monoisotopic (exact) mass is 718 g/mol. The van der Waals surface area contributed by atoms with Crippen LogP contribution in [0.5, 0.6) is 0 Å². The number of fused-ring (bicyclic) bond motifs is 7. The summed E-state index contributed by atoms with van der Waals surface area (Å²) in [6, 6.07) is 72.6. The van der Waals surface area contributed by atoms with Gasteiger partial charge < -0.3 is 18.6 Å². The van der Waals surface area contributed by atoms with E-state index in [0.29, 0.717) is 0 Å². The maximum absolute atomic E-state index is 6.93. The molecule has 2 aromatic heterocycles. The quantitative estimate of drug-likeness (QED) is 0.164. The zero-order valence-electron chi connectivity index (χ0n) is 30.3. The zero-order chi connectivity index (χ0) is 37.0. The van der Waals surface area contributed by atoms with Gasteiger partial charge in [-0.1, -0.05) is 127 Å². The van der Waals surface area contributed by atoms with Gasteiger partial charge in [-0.25, -0.2) is 0 Å². The van der Waals surface area contributed by atoms with Crippen LogP contribution in [0.4, 0.5) is 34.1 Å². The normalized spacial score (nSPS) is 11.6. The lowest BCUT2D eigenvalue weighted by Gasteiger charge is -2.30. The van der Waals surface area contributed by atoms with E-state index in [2.05, 4.69) is 204 Å². The Morgan fingerprint density at radius 2 is 0.821 bits per heavy atom. The lowest BCUT2D eigenvalue weighted by Crippen LogP contribution is -2.13. The highest BCUT2D eigenvalue weighted by atomic mass is 16.3. The van der Waals surface area contributed by atoms with Crippen molar-refractivity contribution >= 4 is 88.8 Å². The third-order valence-electron chi connectivity index (χ3n) is 10.8. The molecule has 0 aliphatic rings. The molecule has 0 aliphatic carbocycles. The largest absolute Gasteiger partial charge is 0.456 e. The Labute approximate surface area is 323 Å². The molecular weight excluding hydrogens is 685 g/mol. The molecule has 9 aromatic carbocycles. The first-order chi connectivity index (χ1) is 27.8. The molecule has 0 spiro atoms. The van der Waals surface area contributed by atoms with Crippen LogP contribution < -0.4 is 9.80 Å². The average molecular weight is 719 g/mol. The summed E-state index contributed by atoms with van der Waals surface area (Å²) in [5.41, 5.74) is 11.8. The predicted molar refractivity (Wildman–Crippen MR) is 233 cm³/mol. The van der Waals surface area contributed by atoms with Gasteiger partial charge in [0.15, 0.2) is 0 Å². The predicted octanol–water partition coefficient (Wildman–Crippen LogP) is 15.2. The molecule has 11 aromatic rings. The summed E-state index contributed by atoms with van der Waals surface area (Å²) in [4.78, 5) is 4.69.